The molecule has 0 bridgehead atoms. The standard InChI is InChI=1S/C45H26N4O2/c46-27-30-13-10-20-40(49-44(50)34-15-4-5-16-35(34)45(49)51)42(30)48-38-19-9-7-17-36(38)41-39(48)26-25-33-32-14-6-8-18-37(32)47(43(33)41)31-23-21-29(22-24-31)28-11-2-1-3-12-28/h1-26H. The van der Waals surface area contributed by atoms with E-state index in [0.717, 1.165) is 60.4 Å². The zero-order valence-electron chi connectivity index (χ0n) is 27.1. The van der Waals surface area contributed by atoms with E-state index in [4.69, 9.17) is 0 Å². The van der Waals surface area contributed by atoms with Crippen molar-refractivity contribution in [1.82, 2.24) is 9.13 Å². The molecule has 0 saturated heterocycles. The molecule has 0 spiro atoms. The van der Waals surface area contributed by atoms with Gasteiger partial charge < -0.3 is 9.13 Å². The minimum absolute atomic E-state index is 0.350. The van der Waals surface area contributed by atoms with Crippen molar-refractivity contribution in [1.29, 1.82) is 5.26 Å². The lowest BCUT2D eigenvalue weighted by molar-refractivity contribution is 0.0926. The Balaban J connectivity index is 1.29. The summed E-state index contributed by atoms with van der Waals surface area (Å²) in [4.78, 5) is 28.9. The predicted octanol–water partition coefficient (Wildman–Crippen LogP) is 10.2. The molecule has 3 heterocycles. The van der Waals surface area contributed by atoms with E-state index in [1.807, 2.05) is 41.0 Å². The maximum atomic E-state index is 13.9. The van der Waals surface area contributed by atoms with Gasteiger partial charge in [-0.1, -0.05) is 103 Å². The summed E-state index contributed by atoms with van der Waals surface area (Å²) < 4.78 is 4.36. The van der Waals surface area contributed by atoms with Crippen LogP contribution in [0.2, 0.25) is 0 Å². The van der Waals surface area contributed by atoms with Gasteiger partial charge in [0.1, 0.15) is 6.07 Å². The van der Waals surface area contributed by atoms with Crippen molar-refractivity contribution < 1.29 is 9.59 Å². The van der Waals surface area contributed by atoms with Crippen LogP contribution in [0.25, 0.3) is 66.1 Å². The Bertz CT molecular complexity index is 2930. The second kappa shape index (κ2) is 10.9. The van der Waals surface area contributed by atoms with Gasteiger partial charge in [0.2, 0.25) is 0 Å². The Labute approximate surface area is 292 Å². The van der Waals surface area contributed by atoms with Crippen molar-refractivity contribution in [2.24, 2.45) is 0 Å². The third-order valence-corrected chi connectivity index (χ3v) is 10.1. The number of nitriles is 1. The average molecular weight is 655 g/mol. The molecule has 0 atom stereocenters. The molecular weight excluding hydrogens is 629 g/mol. The van der Waals surface area contributed by atoms with E-state index in [1.165, 1.54) is 4.90 Å². The number of carbonyl (C=O) groups is 2. The monoisotopic (exact) mass is 654 g/mol. The molecule has 0 fully saturated rings. The number of imide groups is 1. The first kappa shape index (κ1) is 28.8. The number of nitrogens with zero attached hydrogens (tertiary/aromatic N) is 4. The lowest BCUT2D eigenvalue weighted by Crippen LogP contribution is -2.30. The van der Waals surface area contributed by atoms with Gasteiger partial charge in [-0.2, -0.15) is 5.26 Å². The van der Waals surface area contributed by atoms with Crippen LogP contribution in [0.4, 0.5) is 5.69 Å². The number of rotatable bonds is 4. The summed E-state index contributed by atoms with van der Waals surface area (Å²) in [5.74, 6) is -0.816. The fourth-order valence-electron chi connectivity index (χ4n) is 7.90. The van der Waals surface area contributed by atoms with Crippen LogP contribution in [0.1, 0.15) is 26.3 Å². The van der Waals surface area contributed by atoms with Crippen molar-refractivity contribution in [2.45, 2.75) is 0 Å². The Morgan fingerprint density at radius 2 is 1.08 bits per heavy atom. The van der Waals surface area contributed by atoms with Crippen molar-refractivity contribution in [3.05, 3.63) is 174 Å². The van der Waals surface area contributed by atoms with E-state index < -0.39 is 11.8 Å². The van der Waals surface area contributed by atoms with Gasteiger partial charge in [0.05, 0.1) is 50.1 Å². The van der Waals surface area contributed by atoms with E-state index in [9.17, 15) is 14.9 Å². The molecule has 51 heavy (non-hydrogen) atoms. The van der Waals surface area contributed by atoms with Gasteiger partial charge in [-0.05, 0) is 65.7 Å². The normalized spacial score (nSPS) is 12.7. The topological polar surface area (TPSA) is 71.0 Å². The number of fused-ring (bicyclic) bond motifs is 8. The molecule has 2 aromatic heterocycles. The molecule has 0 saturated carbocycles. The number of hydrogen-bond donors (Lipinski definition) is 0. The Morgan fingerprint density at radius 1 is 0.471 bits per heavy atom. The number of para-hydroxylation sites is 3. The highest BCUT2D eigenvalue weighted by atomic mass is 16.2. The molecule has 1 aliphatic heterocycles. The summed E-state index contributed by atoms with van der Waals surface area (Å²) in [6, 6.07) is 54.2. The van der Waals surface area contributed by atoms with Gasteiger partial charge in [0.25, 0.3) is 11.8 Å². The van der Waals surface area contributed by atoms with Crippen molar-refractivity contribution >= 4 is 61.1 Å². The second-order valence-electron chi connectivity index (χ2n) is 12.8. The van der Waals surface area contributed by atoms with Crippen LogP contribution < -0.4 is 4.90 Å². The van der Waals surface area contributed by atoms with Crippen molar-refractivity contribution in [3.63, 3.8) is 0 Å². The number of amides is 2. The molecule has 6 nitrogen and oxygen atoms in total. The van der Waals surface area contributed by atoms with Crippen molar-refractivity contribution in [2.75, 3.05) is 4.90 Å². The van der Waals surface area contributed by atoms with E-state index in [2.05, 4.69) is 89.5 Å². The number of aromatic nitrogens is 2. The average Bonchev–Trinajstić information content (AvgIpc) is 3.79. The second-order valence-corrected chi connectivity index (χ2v) is 12.8. The fourth-order valence-corrected chi connectivity index (χ4v) is 7.90. The Hall–Kier alpha value is -7.23. The summed E-state index contributed by atoms with van der Waals surface area (Å²) >= 11 is 0. The van der Waals surface area contributed by atoms with E-state index >= 15 is 0 Å². The molecule has 9 aromatic rings. The largest absolute Gasteiger partial charge is 0.309 e. The van der Waals surface area contributed by atoms with Crippen molar-refractivity contribution in [3.8, 4) is 28.6 Å². The summed E-state index contributed by atoms with van der Waals surface area (Å²) in [6.45, 7) is 0. The zero-order chi connectivity index (χ0) is 34.2. The molecule has 238 valence electrons. The lowest BCUT2D eigenvalue weighted by Gasteiger charge is -2.21. The highest BCUT2D eigenvalue weighted by Crippen LogP contribution is 2.44. The van der Waals surface area contributed by atoms with Crippen LogP contribution in [-0.4, -0.2) is 20.9 Å². The smallest absolute Gasteiger partial charge is 0.266 e. The lowest BCUT2D eigenvalue weighted by atomic mass is 10.1. The molecule has 10 rings (SSSR count). The highest BCUT2D eigenvalue weighted by molar-refractivity contribution is 6.35. The minimum atomic E-state index is -0.408. The molecule has 0 radical (unpaired) electrons. The first-order valence-corrected chi connectivity index (χ1v) is 16.8. The molecule has 6 heteroatoms. The molecule has 0 N–H and O–H groups in total. The van der Waals surface area contributed by atoms with E-state index in [0.29, 0.717) is 28.1 Å². The van der Waals surface area contributed by atoms with E-state index in [1.54, 1.807) is 42.5 Å². The highest BCUT2D eigenvalue weighted by Gasteiger charge is 2.38. The molecule has 0 aliphatic carbocycles. The molecule has 1 aliphatic rings. The third kappa shape index (κ3) is 4.03. The van der Waals surface area contributed by atoms with E-state index in [-0.39, 0.29) is 0 Å². The summed E-state index contributed by atoms with van der Waals surface area (Å²) in [6.07, 6.45) is 0. The van der Waals surface area contributed by atoms with Crippen LogP contribution in [0.3, 0.4) is 0 Å². The Kier molecular flexibility index (Phi) is 6.14. The molecule has 2 amide bonds. The van der Waals surface area contributed by atoms with Crippen LogP contribution in [0, 0.1) is 11.3 Å². The molecular formula is C45H26N4O2. The molecule has 7 aromatic carbocycles. The maximum Gasteiger partial charge on any atom is 0.266 e. The summed E-state index contributed by atoms with van der Waals surface area (Å²) in [5.41, 5.74) is 9.03. The number of hydrogen-bond acceptors (Lipinski definition) is 3. The van der Waals surface area contributed by atoms with Gasteiger partial charge in [0.15, 0.2) is 0 Å². The molecule has 0 unspecified atom stereocenters. The van der Waals surface area contributed by atoms with Crippen LogP contribution in [0.5, 0.6) is 0 Å². The first-order chi connectivity index (χ1) is 25.1. The van der Waals surface area contributed by atoms with Gasteiger partial charge in [-0.3, -0.25) is 9.59 Å². The summed E-state index contributed by atoms with van der Waals surface area (Å²) in [5, 5.41) is 14.8. The fraction of sp³-hybridized carbons (Fsp3) is 0. The van der Waals surface area contributed by atoms with Gasteiger partial charge in [0, 0.05) is 27.2 Å². The zero-order valence-corrected chi connectivity index (χ0v) is 27.1. The van der Waals surface area contributed by atoms with Gasteiger partial charge >= 0.3 is 0 Å². The number of carbonyl (C=O) groups excluding carboxylic acids is 2. The maximum absolute atomic E-state index is 13.9. The SMILES string of the molecule is N#Cc1cccc(N2C(=O)c3ccccc3C2=O)c1-n1c2ccccc2c2c1ccc1c3ccccc3n(-c3ccc(-c4ccccc4)cc3)c12. The quantitative estimate of drug-likeness (QED) is 0.177. The van der Waals surface area contributed by atoms with Gasteiger partial charge in [-0.15, -0.1) is 0 Å². The minimum Gasteiger partial charge on any atom is -0.309 e. The van der Waals surface area contributed by atoms with Crippen LogP contribution in [0.15, 0.2) is 158 Å². The Morgan fingerprint density at radius 3 is 1.78 bits per heavy atom. The predicted molar refractivity (Wildman–Crippen MR) is 203 cm³/mol. The van der Waals surface area contributed by atoms with Crippen LogP contribution >= 0.6 is 0 Å². The van der Waals surface area contributed by atoms with Gasteiger partial charge in [-0.25, -0.2) is 4.90 Å². The number of anilines is 1. The summed E-state index contributed by atoms with van der Waals surface area (Å²) in [7, 11) is 0. The first-order valence-electron chi connectivity index (χ1n) is 16.8. The van der Waals surface area contributed by atoms with Crippen LogP contribution in [-0.2, 0) is 0 Å². The number of benzene rings is 7. The third-order valence-electron chi connectivity index (χ3n) is 10.1.